The maximum Gasteiger partial charge on any atom is 0.227 e. The highest BCUT2D eigenvalue weighted by Gasteiger charge is 2.34. The van der Waals surface area contributed by atoms with Gasteiger partial charge in [-0.3, -0.25) is 4.79 Å². The Morgan fingerprint density at radius 1 is 1.05 bits per heavy atom. The van der Waals surface area contributed by atoms with Crippen LogP contribution >= 0.6 is 23.4 Å². The summed E-state index contributed by atoms with van der Waals surface area (Å²) in [5.74, 6) is 1.89. The van der Waals surface area contributed by atoms with Gasteiger partial charge in [0.05, 0.1) is 0 Å². The van der Waals surface area contributed by atoms with Crippen molar-refractivity contribution < 1.29 is 9.53 Å². The Morgan fingerprint density at radius 3 is 2.54 bits per heavy atom. The van der Waals surface area contributed by atoms with Crippen LogP contribution in [-0.2, 0) is 17.2 Å². The average Bonchev–Trinajstić information content (AvgIpc) is 3.29. The minimum atomic E-state index is -0.467. The summed E-state index contributed by atoms with van der Waals surface area (Å²) in [7, 11) is 0. The fraction of sp³-hybridized carbons (Fsp3) is 0.207. The van der Waals surface area contributed by atoms with Gasteiger partial charge in [0, 0.05) is 27.6 Å². The second-order valence-corrected chi connectivity index (χ2v) is 10.3. The molecule has 0 spiro atoms. The number of Topliss-reactive ketones (excluding diaryl/α,β-unsaturated/α-hetero) is 1. The molecule has 1 unspecified atom stereocenters. The molecule has 4 aromatic rings. The number of benzene rings is 3. The molecule has 188 valence electrons. The molecule has 1 aliphatic heterocycles. The van der Waals surface area contributed by atoms with E-state index in [1.54, 1.807) is 11.6 Å². The number of para-hydroxylation sites is 1. The van der Waals surface area contributed by atoms with Crippen molar-refractivity contribution in [2.45, 2.75) is 44.3 Å². The predicted octanol–water partition coefficient (Wildman–Crippen LogP) is 6.99. The average molecular weight is 531 g/mol. The Hall–Kier alpha value is -3.55. The number of allylic oxidation sites excluding steroid dienone is 2. The van der Waals surface area contributed by atoms with Gasteiger partial charge in [0.15, 0.2) is 5.78 Å². The lowest BCUT2D eigenvalue weighted by Gasteiger charge is -2.29. The molecule has 1 N–H and O–H groups in total. The third-order valence-corrected chi connectivity index (χ3v) is 7.51. The molecule has 37 heavy (non-hydrogen) atoms. The van der Waals surface area contributed by atoms with E-state index in [9.17, 15) is 4.79 Å². The van der Waals surface area contributed by atoms with Crippen LogP contribution in [0, 0.1) is 6.92 Å². The van der Waals surface area contributed by atoms with Gasteiger partial charge in [0.1, 0.15) is 18.4 Å². The second-order valence-electron chi connectivity index (χ2n) is 8.98. The Labute approximate surface area is 225 Å². The maximum atomic E-state index is 12.9. The summed E-state index contributed by atoms with van der Waals surface area (Å²) in [4.78, 5) is 17.6. The van der Waals surface area contributed by atoms with Crippen molar-refractivity contribution in [2.24, 2.45) is 0 Å². The maximum absolute atomic E-state index is 12.9. The third kappa shape index (κ3) is 5.43. The number of fused-ring (bicyclic) bond motifs is 1. The fourth-order valence-corrected chi connectivity index (χ4v) is 5.49. The molecule has 0 saturated carbocycles. The van der Waals surface area contributed by atoms with Gasteiger partial charge in [-0.2, -0.15) is 4.98 Å². The molecule has 0 aliphatic carbocycles. The first-order valence-electron chi connectivity index (χ1n) is 12.0. The van der Waals surface area contributed by atoms with E-state index in [2.05, 4.69) is 36.5 Å². The Kier molecular flexibility index (Phi) is 7.35. The van der Waals surface area contributed by atoms with E-state index in [-0.39, 0.29) is 5.78 Å². The highest BCUT2D eigenvalue weighted by Crippen LogP contribution is 2.40. The molecule has 6 nitrogen and oxygen atoms in total. The quantitative estimate of drug-likeness (QED) is 0.248. The van der Waals surface area contributed by atoms with Gasteiger partial charge in [0.2, 0.25) is 11.1 Å². The van der Waals surface area contributed by atoms with Crippen molar-refractivity contribution in [3.63, 3.8) is 0 Å². The molecule has 8 heteroatoms. The smallest absolute Gasteiger partial charge is 0.227 e. The molecule has 0 saturated heterocycles. The monoisotopic (exact) mass is 530 g/mol. The molecular formula is C29H27ClN4O2S. The molecule has 1 atom stereocenters. The topological polar surface area (TPSA) is 69.0 Å². The highest BCUT2D eigenvalue weighted by molar-refractivity contribution is 7.98. The van der Waals surface area contributed by atoms with Crippen LogP contribution in [0.5, 0.6) is 5.75 Å². The van der Waals surface area contributed by atoms with E-state index in [1.165, 1.54) is 17.3 Å². The van der Waals surface area contributed by atoms with Gasteiger partial charge in [-0.15, -0.1) is 5.10 Å². The zero-order valence-corrected chi connectivity index (χ0v) is 22.4. The second kappa shape index (κ2) is 10.8. The van der Waals surface area contributed by atoms with E-state index in [0.29, 0.717) is 39.8 Å². The summed E-state index contributed by atoms with van der Waals surface area (Å²) in [6.07, 6.45) is 0. The van der Waals surface area contributed by atoms with Gasteiger partial charge in [-0.1, -0.05) is 89.6 Å². The normalized spacial score (nSPS) is 14.8. The summed E-state index contributed by atoms with van der Waals surface area (Å²) < 4.78 is 8.07. The van der Waals surface area contributed by atoms with Gasteiger partial charge in [-0.25, -0.2) is 4.68 Å². The molecule has 2 heterocycles. The Balaban J connectivity index is 1.48. The molecule has 0 radical (unpaired) electrons. The fourth-order valence-electron chi connectivity index (χ4n) is 4.38. The molecule has 0 amide bonds. The van der Waals surface area contributed by atoms with Crippen molar-refractivity contribution in [1.29, 1.82) is 0 Å². The summed E-state index contributed by atoms with van der Waals surface area (Å²) in [6, 6.07) is 23.3. The summed E-state index contributed by atoms with van der Waals surface area (Å²) in [5, 5.41) is 9.40. The molecule has 0 bridgehead atoms. The van der Waals surface area contributed by atoms with Crippen molar-refractivity contribution in [3.05, 3.63) is 111 Å². The minimum absolute atomic E-state index is 0.0326. The summed E-state index contributed by atoms with van der Waals surface area (Å²) in [5.41, 5.74) is 5.53. The minimum Gasteiger partial charge on any atom is -0.489 e. The number of aryl methyl sites for hydroxylation is 1. The number of aromatic nitrogens is 3. The number of hydrogen-bond acceptors (Lipinski definition) is 6. The third-order valence-electron chi connectivity index (χ3n) is 6.26. The number of ether oxygens (including phenoxy) is 1. The standard InChI is InChI=1S/C29H27ClN4O2S/c1-18-12-14-21(15-13-18)16-36-25-11-7-5-9-23(25)27-26(20(3)35)19(2)31-28-32-29(33-34(27)28)37-17-22-8-4-6-10-24(22)30/h4-15,27H,16-17H2,1-3H3,(H,31,32,33). The number of hydrogen-bond donors (Lipinski definition) is 1. The molecule has 1 aliphatic rings. The lowest BCUT2D eigenvalue weighted by molar-refractivity contribution is -0.114. The lowest BCUT2D eigenvalue weighted by Crippen LogP contribution is -2.28. The number of nitrogens with one attached hydrogen (secondary N) is 1. The number of ketones is 1. The highest BCUT2D eigenvalue weighted by atomic mass is 35.5. The van der Waals surface area contributed by atoms with Crippen LogP contribution in [0.25, 0.3) is 0 Å². The Morgan fingerprint density at radius 2 is 1.78 bits per heavy atom. The first-order valence-corrected chi connectivity index (χ1v) is 13.4. The number of nitrogens with zero attached hydrogens (tertiary/aromatic N) is 3. The zero-order valence-electron chi connectivity index (χ0n) is 20.9. The van der Waals surface area contributed by atoms with E-state index in [1.807, 2.05) is 55.5 Å². The zero-order chi connectivity index (χ0) is 25.9. The number of halogens is 1. The van der Waals surface area contributed by atoms with Gasteiger partial charge < -0.3 is 10.1 Å². The van der Waals surface area contributed by atoms with Crippen LogP contribution in [0.2, 0.25) is 5.02 Å². The van der Waals surface area contributed by atoms with Gasteiger partial charge in [-0.05, 0) is 44.0 Å². The van der Waals surface area contributed by atoms with Crippen LogP contribution in [0.3, 0.4) is 0 Å². The van der Waals surface area contributed by atoms with Crippen LogP contribution in [0.4, 0.5) is 5.95 Å². The molecule has 3 aromatic carbocycles. The van der Waals surface area contributed by atoms with Crippen LogP contribution in [0.15, 0.2) is 89.2 Å². The van der Waals surface area contributed by atoms with Crippen LogP contribution in [-0.4, -0.2) is 20.5 Å². The number of carbonyl (C=O) groups excluding carboxylic acids is 1. The molecule has 1 aromatic heterocycles. The molecule has 0 fully saturated rings. The number of anilines is 1. The van der Waals surface area contributed by atoms with E-state index < -0.39 is 6.04 Å². The first kappa shape index (κ1) is 25.1. The largest absolute Gasteiger partial charge is 0.489 e. The molecular weight excluding hydrogens is 504 g/mol. The summed E-state index contributed by atoms with van der Waals surface area (Å²) in [6.45, 7) is 5.96. The number of rotatable bonds is 8. The van der Waals surface area contributed by atoms with Crippen molar-refractivity contribution in [3.8, 4) is 5.75 Å². The van der Waals surface area contributed by atoms with Crippen molar-refractivity contribution in [1.82, 2.24) is 14.8 Å². The number of thioether (sulfide) groups is 1. The SMILES string of the molecule is CC(=O)C1=C(C)Nc2nc(SCc3ccccc3Cl)nn2C1c1ccccc1OCc1ccc(C)cc1. The van der Waals surface area contributed by atoms with Gasteiger partial charge >= 0.3 is 0 Å². The van der Waals surface area contributed by atoms with Crippen LogP contribution < -0.4 is 10.1 Å². The number of carbonyl (C=O) groups is 1. The molecule has 5 rings (SSSR count). The van der Waals surface area contributed by atoms with Crippen molar-refractivity contribution in [2.75, 3.05) is 5.32 Å². The first-order chi connectivity index (χ1) is 17.9. The van der Waals surface area contributed by atoms with E-state index >= 15 is 0 Å². The van der Waals surface area contributed by atoms with E-state index in [4.69, 9.17) is 26.4 Å². The van der Waals surface area contributed by atoms with Gasteiger partial charge in [0.25, 0.3) is 0 Å². The summed E-state index contributed by atoms with van der Waals surface area (Å²) >= 11 is 7.84. The van der Waals surface area contributed by atoms with Crippen molar-refractivity contribution >= 4 is 35.1 Å². The predicted molar refractivity (Wildman–Crippen MR) is 148 cm³/mol. The lowest BCUT2D eigenvalue weighted by atomic mass is 9.92. The van der Waals surface area contributed by atoms with E-state index in [0.717, 1.165) is 22.4 Å². The Bertz CT molecular complexity index is 1480. The van der Waals surface area contributed by atoms with Crippen LogP contribution in [0.1, 0.15) is 42.1 Å².